The molecule has 0 bridgehead atoms. The number of para-hydroxylation sites is 1. The maximum absolute atomic E-state index is 12.7. The highest BCUT2D eigenvalue weighted by Gasteiger charge is 2.30. The lowest BCUT2D eigenvalue weighted by Crippen LogP contribution is -2.32. The van der Waals surface area contributed by atoms with Crippen molar-refractivity contribution in [3.63, 3.8) is 0 Å². The predicted molar refractivity (Wildman–Crippen MR) is 112 cm³/mol. The minimum atomic E-state index is -4.59. The number of thiophene rings is 1. The van der Waals surface area contributed by atoms with Gasteiger partial charge in [-0.15, -0.1) is 11.3 Å². The van der Waals surface area contributed by atoms with Crippen LogP contribution in [-0.4, -0.2) is 24.0 Å². The number of esters is 1. The van der Waals surface area contributed by atoms with E-state index in [9.17, 15) is 27.6 Å². The molecule has 2 aromatic carbocycles. The Kier molecular flexibility index (Phi) is 7.00. The average Bonchev–Trinajstić information content (AvgIpc) is 3.29. The molecular weight excluding hydrogens is 447 g/mol. The van der Waals surface area contributed by atoms with Crippen molar-refractivity contribution in [3.8, 4) is 5.75 Å². The molecule has 0 saturated carbocycles. The van der Waals surface area contributed by atoms with Crippen LogP contribution in [0.3, 0.4) is 0 Å². The second-order valence-electron chi connectivity index (χ2n) is 6.14. The first-order valence-electron chi connectivity index (χ1n) is 8.90. The number of benzene rings is 2. The molecule has 2 N–H and O–H groups in total. The molecule has 1 aromatic heterocycles. The number of ether oxygens (including phenoxy) is 1. The van der Waals surface area contributed by atoms with Crippen LogP contribution < -0.4 is 15.5 Å². The molecule has 3 aromatic rings. The van der Waals surface area contributed by atoms with Crippen molar-refractivity contribution in [1.82, 2.24) is 5.43 Å². The summed E-state index contributed by atoms with van der Waals surface area (Å²) >= 11 is 1.21. The molecule has 0 aliphatic carbocycles. The summed E-state index contributed by atoms with van der Waals surface area (Å²) in [5.41, 5.74) is 1.14. The van der Waals surface area contributed by atoms with Gasteiger partial charge in [-0.05, 0) is 41.8 Å². The van der Waals surface area contributed by atoms with Crippen LogP contribution >= 0.6 is 11.3 Å². The summed E-state index contributed by atoms with van der Waals surface area (Å²) in [5.74, 6) is -2.80. The van der Waals surface area contributed by atoms with Crippen molar-refractivity contribution in [3.05, 3.63) is 82.0 Å². The van der Waals surface area contributed by atoms with Gasteiger partial charge in [0.2, 0.25) is 0 Å². The van der Waals surface area contributed by atoms with Crippen molar-refractivity contribution in [2.75, 3.05) is 5.32 Å². The van der Waals surface area contributed by atoms with E-state index in [2.05, 4.69) is 10.4 Å². The third-order valence-electron chi connectivity index (χ3n) is 3.87. The number of amides is 2. The Balaban J connectivity index is 1.61. The van der Waals surface area contributed by atoms with Crippen molar-refractivity contribution in [2.45, 2.75) is 6.18 Å². The number of carbonyl (C=O) groups is 3. The molecule has 1 heterocycles. The highest BCUT2D eigenvalue weighted by atomic mass is 32.1. The van der Waals surface area contributed by atoms with Crippen molar-refractivity contribution in [2.24, 2.45) is 5.10 Å². The molecule has 32 heavy (non-hydrogen) atoms. The first-order valence-corrected chi connectivity index (χ1v) is 9.78. The van der Waals surface area contributed by atoms with Crippen molar-refractivity contribution in [1.29, 1.82) is 0 Å². The quantitative estimate of drug-likeness (QED) is 0.197. The lowest BCUT2D eigenvalue weighted by atomic mass is 10.2. The van der Waals surface area contributed by atoms with Crippen LogP contribution in [-0.2, 0) is 15.8 Å². The van der Waals surface area contributed by atoms with Gasteiger partial charge in [-0.1, -0.05) is 24.3 Å². The number of hydrogen-bond acceptors (Lipinski definition) is 6. The number of carbonyl (C=O) groups excluding carboxylic acids is 3. The number of hydrazone groups is 1. The minimum absolute atomic E-state index is 0.178. The molecule has 0 spiro atoms. The van der Waals surface area contributed by atoms with E-state index in [4.69, 9.17) is 4.74 Å². The van der Waals surface area contributed by atoms with Crippen LogP contribution in [0.1, 0.15) is 20.8 Å². The minimum Gasteiger partial charge on any atom is -0.422 e. The fraction of sp³-hybridized carbons (Fsp3) is 0.0476. The Morgan fingerprint density at radius 1 is 0.969 bits per heavy atom. The van der Waals surface area contributed by atoms with Gasteiger partial charge >= 0.3 is 24.0 Å². The number of rotatable bonds is 5. The molecule has 0 aliphatic heterocycles. The van der Waals surface area contributed by atoms with Crippen LogP contribution in [0.4, 0.5) is 18.9 Å². The van der Waals surface area contributed by atoms with Gasteiger partial charge in [-0.3, -0.25) is 9.59 Å². The standard InChI is InChI=1S/C21H14F3N3O4S/c22-21(23,24)14-6-3-7-15(11-14)26-18(28)19(29)27-25-12-13-5-1-2-8-16(13)31-20(30)17-9-4-10-32-17/h1-12H,(H,26,28)(H,27,29). The summed E-state index contributed by atoms with van der Waals surface area (Å²) in [6.45, 7) is 0. The molecule has 3 rings (SSSR count). The Hall–Kier alpha value is -3.99. The summed E-state index contributed by atoms with van der Waals surface area (Å²) in [5, 5.41) is 7.43. The highest BCUT2D eigenvalue weighted by Crippen LogP contribution is 2.30. The van der Waals surface area contributed by atoms with Gasteiger partial charge in [-0.25, -0.2) is 10.2 Å². The van der Waals surface area contributed by atoms with Crippen LogP contribution in [0.25, 0.3) is 0 Å². The normalized spacial score (nSPS) is 11.2. The zero-order valence-electron chi connectivity index (χ0n) is 16.1. The first-order chi connectivity index (χ1) is 15.2. The zero-order valence-corrected chi connectivity index (χ0v) is 16.9. The van der Waals surface area contributed by atoms with Crippen LogP contribution in [0.5, 0.6) is 5.75 Å². The molecule has 0 radical (unpaired) electrons. The number of hydrogen-bond donors (Lipinski definition) is 2. The highest BCUT2D eigenvalue weighted by molar-refractivity contribution is 7.12. The number of nitrogens with one attached hydrogen (secondary N) is 2. The van der Waals surface area contributed by atoms with Crippen LogP contribution in [0.15, 0.2) is 71.1 Å². The van der Waals surface area contributed by atoms with E-state index in [-0.39, 0.29) is 11.4 Å². The second-order valence-corrected chi connectivity index (χ2v) is 7.08. The van der Waals surface area contributed by atoms with Gasteiger partial charge in [0.05, 0.1) is 11.8 Å². The first kappa shape index (κ1) is 22.7. The third-order valence-corrected chi connectivity index (χ3v) is 4.72. The topological polar surface area (TPSA) is 96.9 Å². The lowest BCUT2D eigenvalue weighted by molar-refractivity contribution is -0.137. The predicted octanol–water partition coefficient (Wildman–Crippen LogP) is 4.07. The molecule has 164 valence electrons. The van der Waals surface area contributed by atoms with E-state index in [1.54, 1.807) is 35.7 Å². The van der Waals surface area contributed by atoms with Crippen LogP contribution in [0, 0.1) is 0 Å². The molecule has 2 amide bonds. The SMILES string of the molecule is O=C(NN=Cc1ccccc1OC(=O)c1cccs1)C(=O)Nc1cccc(C(F)(F)F)c1. The molecule has 0 unspecified atom stereocenters. The largest absolute Gasteiger partial charge is 0.422 e. The summed E-state index contributed by atoms with van der Waals surface area (Å²) in [6, 6.07) is 13.5. The Morgan fingerprint density at radius 3 is 2.47 bits per heavy atom. The molecule has 0 aliphatic rings. The van der Waals surface area contributed by atoms with E-state index in [1.807, 2.05) is 5.43 Å². The van der Waals surface area contributed by atoms with E-state index in [0.29, 0.717) is 16.5 Å². The third kappa shape index (κ3) is 6.01. The summed E-state index contributed by atoms with van der Waals surface area (Å²) in [7, 11) is 0. The Labute approximate surface area is 183 Å². The Bertz CT molecular complexity index is 1160. The van der Waals surface area contributed by atoms with Gasteiger partial charge in [0.15, 0.2) is 0 Å². The van der Waals surface area contributed by atoms with Crippen molar-refractivity contribution >= 4 is 41.0 Å². The van der Waals surface area contributed by atoms with E-state index in [0.717, 1.165) is 18.3 Å². The number of anilines is 1. The monoisotopic (exact) mass is 461 g/mol. The van der Waals surface area contributed by atoms with Gasteiger partial charge in [0, 0.05) is 11.3 Å². The maximum Gasteiger partial charge on any atom is 0.416 e. The van der Waals surface area contributed by atoms with Gasteiger partial charge in [-0.2, -0.15) is 18.3 Å². The average molecular weight is 461 g/mol. The van der Waals surface area contributed by atoms with Gasteiger partial charge < -0.3 is 10.1 Å². The second kappa shape index (κ2) is 9.88. The molecule has 0 saturated heterocycles. The van der Waals surface area contributed by atoms with E-state index in [1.165, 1.54) is 23.5 Å². The zero-order chi connectivity index (χ0) is 23.1. The molecule has 7 nitrogen and oxygen atoms in total. The lowest BCUT2D eigenvalue weighted by Gasteiger charge is -2.09. The summed E-state index contributed by atoms with van der Waals surface area (Å²) < 4.78 is 43.5. The Morgan fingerprint density at radius 2 is 1.75 bits per heavy atom. The van der Waals surface area contributed by atoms with E-state index < -0.39 is 29.5 Å². The van der Waals surface area contributed by atoms with Gasteiger partial charge in [0.25, 0.3) is 0 Å². The van der Waals surface area contributed by atoms with Crippen molar-refractivity contribution < 1.29 is 32.3 Å². The van der Waals surface area contributed by atoms with E-state index >= 15 is 0 Å². The summed E-state index contributed by atoms with van der Waals surface area (Å²) in [4.78, 5) is 36.3. The number of nitrogens with zero attached hydrogens (tertiary/aromatic N) is 1. The van der Waals surface area contributed by atoms with Crippen LogP contribution in [0.2, 0.25) is 0 Å². The molecule has 0 atom stereocenters. The molecular formula is C21H14F3N3O4S. The summed E-state index contributed by atoms with van der Waals surface area (Å²) in [6.07, 6.45) is -3.43. The van der Waals surface area contributed by atoms with Gasteiger partial charge in [0.1, 0.15) is 10.6 Å². The number of halogens is 3. The smallest absolute Gasteiger partial charge is 0.416 e. The molecule has 0 fully saturated rings. The maximum atomic E-state index is 12.7. The number of alkyl halides is 3. The fourth-order valence-electron chi connectivity index (χ4n) is 2.40. The molecule has 11 heteroatoms. The fourth-order valence-corrected chi connectivity index (χ4v) is 3.00.